The van der Waals surface area contributed by atoms with E-state index < -0.39 is 21.0 Å². The molecule has 1 heterocycles. The first-order chi connectivity index (χ1) is 10.9. The number of sulfonamides is 1. The van der Waals surface area contributed by atoms with Crippen LogP contribution in [0.15, 0.2) is 29.3 Å². The van der Waals surface area contributed by atoms with Gasteiger partial charge in [0.25, 0.3) is 10.0 Å². The van der Waals surface area contributed by atoms with Crippen LogP contribution in [0.25, 0.3) is 0 Å². The number of aromatic amines is 1. The second-order valence-electron chi connectivity index (χ2n) is 4.59. The molecule has 23 heavy (non-hydrogen) atoms. The zero-order chi connectivity index (χ0) is 17.0. The Hall–Kier alpha value is -2.55. The Labute approximate surface area is 133 Å². The number of nitrogens with zero attached hydrogens (tertiary/aromatic N) is 1. The molecule has 9 heteroatoms. The van der Waals surface area contributed by atoms with Crippen LogP contribution in [-0.4, -0.2) is 38.3 Å². The third kappa shape index (κ3) is 3.62. The van der Waals surface area contributed by atoms with Gasteiger partial charge in [-0.2, -0.15) is 13.5 Å². The quantitative estimate of drug-likeness (QED) is 0.775. The lowest BCUT2D eigenvalue weighted by atomic mass is 10.3. The molecule has 0 saturated carbocycles. The van der Waals surface area contributed by atoms with Crippen molar-refractivity contribution in [3.05, 3.63) is 35.5 Å². The van der Waals surface area contributed by atoms with E-state index in [1.54, 1.807) is 32.0 Å². The first-order valence-electron chi connectivity index (χ1n) is 6.78. The average Bonchev–Trinajstić information content (AvgIpc) is 2.90. The van der Waals surface area contributed by atoms with Gasteiger partial charge < -0.3 is 9.47 Å². The van der Waals surface area contributed by atoms with E-state index in [4.69, 9.17) is 9.47 Å². The molecule has 1 aromatic heterocycles. The lowest BCUT2D eigenvalue weighted by Crippen LogP contribution is -2.18. The van der Waals surface area contributed by atoms with Crippen molar-refractivity contribution in [2.24, 2.45) is 0 Å². The minimum absolute atomic E-state index is 0.109. The van der Waals surface area contributed by atoms with E-state index in [1.807, 2.05) is 0 Å². The molecular weight excluding hydrogens is 322 g/mol. The molecule has 0 unspecified atom stereocenters. The van der Waals surface area contributed by atoms with E-state index >= 15 is 0 Å². The molecule has 0 aliphatic carbocycles. The number of hydrogen-bond acceptors (Lipinski definition) is 6. The first-order valence-corrected chi connectivity index (χ1v) is 8.26. The normalized spacial score (nSPS) is 11.1. The Morgan fingerprint density at radius 3 is 2.78 bits per heavy atom. The highest BCUT2D eigenvalue weighted by Crippen LogP contribution is 2.23. The van der Waals surface area contributed by atoms with E-state index in [0.717, 1.165) is 0 Å². The molecule has 0 spiro atoms. The topological polar surface area (TPSA) is 110 Å². The van der Waals surface area contributed by atoms with E-state index in [2.05, 4.69) is 14.9 Å². The predicted molar refractivity (Wildman–Crippen MR) is 83.1 cm³/mol. The second-order valence-corrected chi connectivity index (χ2v) is 6.18. The van der Waals surface area contributed by atoms with Crippen LogP contribution in [-0.2, 0) is 14.8 Å². The number of benzene rings is 1. The van der Waals surface area contributed by atoms with Crippen LogP contribution in [0, 0.1) is 6.92 Å². The van der Waals surface area contributed by atoms with Crippen molar-refractivity contribution in [3.63, 3.8) is 0 Å². The summed E-state index contributed by atoms with van der Waals surface area (Å²) in [5.74, 6) is -0.251. The Morgan fingerprint density at radius 1 is 1.39 bits per heavy atom. The zero-order valence-electron chi connectivity index (χ0n) is 12.9. The lowest BCUT2D eigenvalue weighted by Gasteiger charge is -2.09. The highest BCUT2D eigenvalue weighted by Gasteiger charge is 2.29. The van der Waals surface area contributed by atoms with Crippen LogP contribution >= 0.6 is 0 Å². The summed E-state index contributed by atoms with van der Waals surface area (Å²) in [5, 5.41) is 5.81. The molecule has 0 atom stereocenters. The van der Waals surface area contributed by atoms with Gasteiger partial charge in [-0.3, -0.25) is 9.82 Å². The van der Waals surface area contributed by atoms with Gasteiger partial charge in [-0.05, 0) is 26.0 Å². The van der Waals surface area contributed by atoms with Gasteiger partial charge in [-0.25, -0.2) is 4.79 Å². The summed E-state index contributed by atoms with van der Waals surface area (Å²) in [6, 6.07) is 6.39. The number of nitrogens with one attached hydrogen (secondary N) is 2. The number of aryl methyl sites for hydroxylation is 1. The van der Waals surface area contributed by atoms with Gasteiger partial charge in [-0.1, -0.05) is 6.07 Å². The maximum absolute atomic E-state index is 12.5. The Kier molecular flexibility index (Phi) is 4.89. The Bertz CT molecular complexity index is 814. The van der Waals surface area contributed by atoms with E-state index in [-0.39, 0.29) is 12.2 Å². The molecule has 0 aliphatic rings. The number of H-pyrrole nitrogens is 1. The summed E-state index contributed by atoms with van der Waals surface area (Å²) >= 11 is 0. The summed E-state index contributed by atoms with van der Waals surface area (Å²) < 4.78 is 37.3. The molecule has 0 saturated heterocycles. The number of anilines is 1. The average molecular weight is 339 g/mol. The van der Waals surface area contributed by atoms with Crippen molar-refractivity contribution in [2.75, 3.05) is 18.4 Å². The number of carbonyl (C=O) groups excluding carboxylic acids is 1. The molecule has 0 amide bonds. The standard InChI is InChI=1S/C14H17N3O5S/c1-4-22-14(18)12-9(2)15-16-13(12)23(19,20)17-10-6-5-7-11(8-10)21-3/h5-8,17H,4H2,1-3H3,(H,15,16). The van der Waals surface area contributed by atoms with Gasteiger partial charge >= 0.3 is 5.97 Å². The third-order valence-electron chi connectivity index (χ3n) is 2.97. The summed E-state index contributed by atoms with van der Waals surface area (Å²) in [4.78, 5) is 12.0. The van der Waals surface area contributed by atoms with Crippen molar-refractivity contribution in [2.45, 2.75) is 18.9 Å². The number of hydrogen-bond donors (Lipinski definition) is 2. The maximum atomic E-state index is 12.5. The number of methoxy groups -OCH3 is 1. The van der Waals surface area contributed by atoms with Crippen molar-refractivity contribution >= 4 is 21.7 Å². The second kappa shape index (κ2) is 6.69. The van der Waals surface area contributed by atoms with Crippen molar-refractivity contribution < 1.29 is 22.7 Å². The fourth-order valence-electron chi connectivity index (χ4n) is 1.93. The Morgan fingerprint density at radius 2 is 2.13 bits per heavy atom. The fourth-order valence-corrected chi connectivity index (χ4v) is 3.14. The van der Waals surface area contributed by atoms with Crippen LogP contribution in [0.4, 0.5) is 5.69 Å². The fraction of sp³-hybridized carbons (Fsp3) is 0.286. The minimum Gasteiger partial charge on any atom is -0.497 e. The number of rotatable bonds is 6. The van der Waals surface area contributed by atoms with Crippen molar-refractivity contribution in [1.29, 1.82) is 0 Å². The monoisotopic (exact) mass is 339 g/mol. The molecular formula is C14H17N3O5S. The first kappa shape index (κ1) is 16.8. The number of ether oxygens (including phenoxy) is 2. The molecule has 0 radical (unpaired) electrons. The smallest absolute Gasteiger partial charge is 0.343 e. The number of esters is 1. The summed E-state index contributed by atoms with van der Waals surface area (Å²) in [6.45, 7) is 3.31. The molecule has 124 valence electrons. The van der Waals surface area contributed by atoms with Crippen molar-refractivity contribution in [3.8, 4) is 5.75 Å². The number of aromatic nitrogens is 2. The highest BCUT2D eigenvalue weighted by atomic mass is 32.2. The van der Waals surface area contributed by atoms with Crippen LogP contribution in [0.3, 0.4) is 0 Å². The van der Waals surface area contributed by atoms with Crippen LogP contribution in [0.1, 0.15) is 23.0 Å². The highest BCUT2D eigenvalue weighted by molar-refractivity contribution is 7.92. The van der Waals surface area contributed by atoms with Crippen LogP contribution < -0.4 is 9.46 Å². The van der Waals surface area contributed by atoms with Crippen LogP contribution in [0.5, 0.6) is 5.75 Å². The minimum atomic E-state index is -4.06. The summed E-state index contributed by atoms with van der Waals surface area (Å²) in [7, 11) is -2.58. The molecule has 2 rings (SSSR count). The molecule has 1 aromatic carbocycles. The molecule has 0 aliphatic heterocycles. The van der Waals surface area contributed by atoms with Gasteiger partial charge in [0.15, 0.2) is 0 Å². The van der Waals surface area contributed by atoms with Crippen LogP contribution in [0.2, 0.25) is 0 Å². The predicted octanol–water partition coefficient (Wildman–Crippen LogP) is 1.70. The lowest BCUT2D eigenvalue weighted by molar-refractivity contribution is 0.0521. The molecule has 2 aromatic rings. The van der Waals surface area contributed by atoms with Gasteiger partial charge in [0, 0.05) is 11.8 Å². The van der Waals surface area contributed by atoms with Gasteiger partial charge in [0.05, 0.1) is 19.4 Å². The maximum Gasteiger partial charge on any atom is 0.343 e. The molecule has 8 nitrogen and oxygen atoms in total. The van der Waals surface area contributed by atoms with Gasteiger partial charge in [-0.15, -0.1) is 0 Å². The molecule has 0 fully saturated rings. The molecule has 2 N–H and O–H groups in total. The van der Waals surface area contributed by atoms with Gasteiger partial charge in [0.1, 0.15) is 11.3 Å². The molecule has 0 bridgehead atoms. The Balaban J connectivity index is 2.38. The SMILES string of the molecule is CCOC(=O)c1c(S(=O)(=O)Nc2cccc(OC)c2)n[nH]c1C. The third-order valence-corrected chi connectivity index (χ3v) is 4.28. The largest absolute Gasteiger partial charge is 0.497 e. The summed E-state index contributed by atoms with van der Waals surface area (Å²) in [6.07, 6.45) is 0. The van der Waals surface area contributed by atoms with E-state index in [0.29, 0.717) is 17.1 Å². The zero-order valence-corrected chi connectivity index (χ0v) is 13.7. The van der Waals surface area contributed by atoms with Gasteiger partial charge in [0.2, 0.25) is 5.03 Å². The van der Waals surface area contributed by atoms with E-state index in [9.17, 15) is 13.2 Å². The number of carbonyl (C=O) groups is 1. The summed E-state index contributed by atoms with van der Waals surface area (Å²) in [5.41, 5.74) is 0.497. The van der Waals surface area contributed by atoms with E-state index in [1.165, 1.54) is 13.2 Å². The van der Waals surface area contributed by atoms with Crippen molar-refractivity contribution in [1.82, 2.24) is 10.2 Å².